The van der Waals surface area contributed by atoms with Gasteiger partial charge in [-0.15, -0.1) is 11.3 Å². The molecule has 0 bridgehead atoms. The molecule has 4 rings (SSSR count). The Morgan fingerprint density at radius 3 is 2.64 bits per heavy atom. The Labute approximate surface area is 169 Å². The second-order valence-electron chi connectivity index (χ2n) is 6.89. The number of para-hydroxylation sites is 1. The first-order valence-corrected chi connectivity index (χ1v) is 10.4. The number of hydrogen-bond acceptors (Lipinski definition) is 3. The number of benzene rings is 2. The highest BCUT2D eigenvalue weighted by Crippen LogP contribution is 2.21. The minimum absolute atomic E-state index is 0.0574. The quantitative estimate of drug-likeness (QED) is 0.450. The maximum atomic E-state index is 13.4. The number of rotatable bonds is 7. The van der Waals surface area contributed by atoms with Crippen LogP contribution in [0.4, 0.5) is 0 Å². The molecule has 0 saturated carbocycles. The van der Waals surface area contributed by atoms with E-state index in [1.54, 1.807) is 17.5 Å². The smallest absolute Gasteiger partial charge is 0.270 e. The third-order valence-electron chi connectivity index (χ3n) is 5.00. The Bertz CT molecular complexity index is 1050. The Kier molecular flexibility index (Phi) is 5.53. The van der Waals surface area contributed by atoms with Crippen LogP contribution in [-0.4, -0.2) is 26.9 Å². The Morgan fingerprint density at radius 2 is 1.89 bits per heavy atom. The number of thiazole rings is 1. The first kappa shape index (κ1) is 18.4. The van der Waals surface area contributed by atoms with E-state index >= 15 is 0 Å². The van der Waals surface area contributed by atoms with Crippen molar-refractivity contribution in [2.45, 2.75) is 19.4 Å². The first-order valence-electron chi connectivity index (χ1n) is 9.48. The molecule has 0 atom stereocenters. The number of fused-ring (bicyclic) bond motifs is 1. The number of nitrogens with zero attached hydrogens (tertiary/aromatic N) is 3. The van der Waals surface area contributed by atoms with Crippen LogP contribution in [0.5, 0.6) is 0 Å². The van der Waals surface area contributed by atoms with Crippen LogP contribution in [-0.2, 0) is 20.0 Å². The fourth-order valence-corrected chi connectivity index (χ4v) is 4.15. The van der Waals surface area contributed by atoms with Gasteiger partial charge in [-0.1, -0.05) is 48.5 Å². The molecule has 0 aliphatic carbocycles. The lowest BCUT2D eigenvalue weighted by Crippen LogP contribution is -2.33. The Hall–Kier alpha value is -2.92. The van der Waals surface area contributed by atoms with E-state index in [4.69, 9.17) is 0 Å². The number of amides is 1. The van der Waals surface area contributed by atoms with Crippen molar-refractivity contribution in [3.05, 3.63) is 88.5 Å². The van der Waals surface area contributed by atoms with Gasteiger partial charge in [0.2, 0.25) is 0 Å². The summed E-state index contributed by atoms with van der Waals surface area (Å²) in [4.78, 5) is 19.7. The zero-order chi connectivity index (χ0) is 19.3. The lowest BCUT2D eigenvalue weighted by atomic mass is 10.1. The molecule has 0 N–H and O–H groups in total. The largest absolute Gasteiger partial charge is 0.340 e. The van der Waals surface area contributed by atoms with Gasteiger partial charge in [-0.25, -0.2) is 4.98 Å². The van der Waals surface area contributed by atoms with Gasteiger partial charge in [0.15, 0.2) is 0 Å². The molecule has 4 aromatic rings. The summed E-state index contributed by atoms with van der Waals surface area (Å²) in [5.74, 6) is 0.0574. The van der Waals surface area contributed by atoms with Crippen LogP contribution in [0.2, 0.25) is 0 Å². The molecule has 1 amide bonds. The summed E-state index contributed by atoms with van der Waals surface area (Å²) in [7, 11) is 1.96. The summed E-state index contributed by atoms with van der Waals surface area (Å²) >= 11 is 1.59. The predicted molar refractivity (Wildman–Crippen MR) is 115 cm³/mol. The number of hydrogen-bond donors (Lipinski definition) is 0. The lowest BCUT2D eigenvalue weighted by molar-refractivity contribution is 0.0732. The van der Waals surface area contributed by atoms with Crippen molar-refractivity contribution in [1.82, 2.24) is 14.5 Å². The summed E-state index contributed by atoms with van der Waals surface area (Å²) in [6, 6.07) is 20.5. The fraction of sp³-hybridized carbons (Fsp3) is 0.217. The topological polar surface area (TPSA) is 38.1 Å². The molecule has 0 saturated heterocycles. The predicted octanol–water partition coefficient (Wildman–Crippen LogP) is 4.91. The van der Waals surface area contributed by atoms with E-state index in [1.165, 1.54) is 5.56 Å². The van der Waals surface area contributed by atoms with Crippen molar-refractivity contribution in [2.75, 3.05) is 6.54 Å². The normalized spacial score (nSPS) is 11.0. The van der Waals surface area contributed by atoms with Crippen LogP contribution in [0.3, 0.4) is 0 Å². The highest BCUT2D eigenvalue weighted by atomic mass is 32.1. The third-order valence-corrected chi connectivity index (χ3v) is 5.77. The van der Waals surface area contributed by atoms with Crippen LogP contribution in [0.15, 0.2) is 72.2 Å². The highest BCUT2D eigenvalue weighted by molar-refractivity contribution is 7.09. The van der Waals surface area contributed by atoms with Gasteiger partial charge in [0.1, 0.15) is 10.7 Å². The zero-order valence-corrected chi connectivity index (χ0v) is 16.7. The van der Waals surface area contributed by atoms with E-state index in [-0.39, 0.29) is 5.91 Å². The molecular formula is C23H23N3OS. The van der Waals surface area contributed by atoms with Crippen LogP contribution < -0.4 is 0 Å². The second kappa shape index (κ2) is 8.40. The SMILES string of the molecule is Cn1c(C(=O)N(CCCc2ccccc2)Cc2nccs2)cc2ccccc21. The van der Waals surface area contributed by atoms with E-state index in [2.05, 4.69) is 29.2 Å². The molecule has 0 spiro atoms. The van der Waals surface area contributed by atoms with E-state index in [0.29, 0.717) is 13.1 Å². The monoisotopic (exact) mass is 389 g/mol. The molecule has 0 aliphatic rings. The summed E-state index contributed by atoms with van der Waals surface area (Å²) in [5, 5.41) is 4.01. The molecule has 2 aromatic heterocycles. The molecule has 2 heterocycles. The molecule has 2 aromatic carbocycles. The van der Waals surface area contributed by atoms with Crippen molar-refractivity contribution < 1.29 is 4.79 Å². The van der Waals surface area contributed by atoms with Gasteiger partial charge in [-0.3, -0.25) is 4.79 Å². The molecule has 142 valence electrons. The van der Waals surface area contributed by atoms with Crippen molar-refractivity contribution >= 4 is 28.1 Å². The summed E-state index contributed by atoms with van der Waals surface area (Å²) in [6.07, 6.45) is 3.67. The standard InChI is InChI=1S/C23H23N3OS/c1-25-20-12-6-5-11-19(20)16-21(25)23(27)26(17-22-24-13-15-28-22)14-7-10-18-8-3-2-4-9-18/h2-6,8-9,11-13,15-16H,7,10,14,17H2,1H3. The number of aromatic nitrogens is 2. The minimum Gasteiger partial charge on any atom is -0.340 e. The average molecular weight is 390 g/mol. The van der Waals surface area contributed by atoms with Gasteiger partial charge in [0.05, 0.1) is 6.54 Å². The molecule has 4 nitrogen and oxygen atoms in total. The van der Waals surface area contributed by atoms with Crippen LogP contribution >= 0.6 is 11.3 Å². The number of carbonyl (C=O) groups excluding carboxylic acids is 1. The van der Waals surface area contributed by atoms with Gasteiger partial charge in [0.25, 0.3) is 5.91 Å². The molecule has 28 heavy (non-hydrogen) atoms. The second-order valence-corrected chi connectivity index (χ2v) is 7.87. The summed E-state index contributed by atoms with van der Waals surface area (Å²) < 4.78 is 1.99. The van der Waals surface area contributed by atoms with Crippen molar-refractivity contribution in [3.63, 3.8) is 0 Å². The molecule has 5 heteroatoms. The highest BCUT2D eigenvalue weighted by Gasteiger charge is 2.21. The molecule has 0 unspecified atom stereocenters. The van der Waals surface area contributed by atoms with Gasteiger partial charge in [-0.05, 0) is 30.5 Å². The van der Waals surface area contributed by atoms with Crippen molar-refractivity contribution in [2.24, 2.45) is 7.05 Å². The lowest BCUT2D eigenvalue weighted by Gasteiger charge is -2.22. The molecule has 0 fully saturated rings. The summed E-state index contributed by atoms with van der Waals surface area (Å²) in [5.41, 5.74) is 3.09. The van der Waals surface area contributed by atoms with Crippen molar-refractivity contribution in [1.29, 1.82) is 0 Å². The minimum atomic E-state index is 0.0574. The van der Waals surface area contributed by atoms with E-state index in [0.717, 1.165) is 34.4 Å². The van der Waals surface area contributed by atoms with Gasteiger partial charge < -0.3 is 9.47 Å². The number of aryl methyl sites for hydroxylation is 2. The fourth-order valence-electron chi connectivity index (χ4n) is 3.52. The zero-order valence-electron chi connectivity index (χ0n) is 15.9. The average Bonchev–Trinajstić information content (AvgIpc) is 3.36. The van der Waals surface area contributed by atoms with E-state index in [1.807, 2.05) is 58.3 Å². The van der Waals surface area contributed by atoms with Gasteiger partial charge in [0, 0.05) is 36.1 Å². The Morgan fingerprint density at radius 1 is 1.11 bits per heavy atom. The molecular weight excluding hydrogens is 366 g/mol. The number of carbonyl (C=O) groups is 1. The maximum absolute atomic E-state index is 13.4. The maximum Gasteiger partial charge on any atom is 0.270 e. The van der Waals surface area contributed by atoms with Crippen LogP contribution in [0, 0.1) is 0 Å². The van der Waals surface area contributed by atoms with Crippen molar-refractivity contribution in [3.8, 4) is 0 Å². The van der Waals surface area contributed by atoms with Crippen LogP contribution in [0.25, 0.3) is 10.9 Å². The summed E-state index contributed by atoms with van der Waals surface area (Å²) in [6.45, 7) is 1.25. The Balaban J connectivity index is 1.54. The third kappa shape index (κ3) is 3.99. The van der Waals surface area contributed by atoms with Gasteiger partial charge >= 0.3 is 0 Å². The first-order chi connectivity index (χ1) is 13.7. The van der Waals surface area contributed by atoms with Crippen LogP contribution in [0.1, 0.15) is 27.5 Å². The van der Waals surface area contributed by atoms with E-state index < -0.39 is 0 Å². The molecule has 0 radical (unpaired) electrons. The molecule has 0 aliphatic heterocycles. The van der Waals surface area contributed by atoms with Gasteiger partial charge in [-0.2, -0.15) is 0 Å². The van der Waals surface area contributed by atoms with E-state index in [9.17, 15) is 4.79 Å².